The van der Waals surface area contributed by atoms with Crippen molar-refractivity contribution in [2.24, 2.45) is 0 Å². The Morgan fingerprint density at radius 3 is 2.92 bits per heavy atom. The molecular formula is C10H14O2. The second kappa shape index (κ2) is 9.93. The van der Waals surface area contributed by atoms with Gasteiger partial charge in [-0.3, -0.25) is 4.79 Å². The third-order valence-electron chi connectivity index (χ3n) is 1.10. The van der Waals surface area contributed by atoms with Gasteiger partial charge in [0.15, 0.2) is 0 Å². The van der Waals surface area contributed by atoms with E-state index in [2.05, 4.69) is 18.8 Å². The highest BCUT2D eigenvalue weighted by Gasteiger charge is 1.76. The van der Waals surface area contributed by atoms with Crippen molar-refractivity contribution in [2.45, 2.75) is 19.8 Å². The molecule has 0 atom stereocenters. The summed E-state index contributed by atoms with van der Waals surface area (Å²) in [4.78, 5) is 9.81. The molecule has 0 radical (unpaired) electrons. The van der Waals surface area contributed by atoms with E-state index in [0.29, 0.717) is 13.2 Å². The Hall–Kier alpha value is -1.07. The quantitative estimate of drug-likeness (QED) is 0.268. The molecule has 0 heterocycles. The van der Waals surface area contributed by atoms with Gasteiger partial charge in [-0.05, 0) is 12.5 Å². The summed E-state index contributed by atoms with van der Waals surface area (Å²) in [5.41, 5.74) is 0. The van der Waals surface area contributed by atoms with Crippen molar-refractivity contribution in [1.82, 2.24) is 0 Å². The van der Waals surface area contributed by atoms with Gasteiger partial charge in [-0.1, -0.05) is 18.9 Å². The minimum absolute atomic E-state index is 0.448. The number of unbranched alkanes of at least 4 members (excludes halogenated alkanes) is 1. The zero-order valence-corrected chi connectivity index (χ0v) is 7.38. The normalized spacial score (nSPS) is 9.42. The summed E-state index contributed by atoms with van der Waals surface area (Å²) in [5, 5.41) is 0. The highest BCUT2D eigenvalue weighted by atomic mass is 16.5. The fourth-order valence-corrected chi connectivity index (χ4v) is 0.554. The van der Waals surface area contributed by atoms with Crippen LogP contribution >= 0.6 is 0 Å². The fourth-order valence-electron chi connectivity index (χ4n) is 0.554. The van der Waals surface area contributed by atoms with E-state index >= 15 is 0 Å². The van der Waals surface area contributed by atoms with E-state index in [0.717, 1.165) is 19.1 Å². The molecule has 2 heteroatoms. The highest BCUT2D eigenvalue weighted by molar-refractivity contribution is 5.64. The van der Waals surface area contributed by atoms with Crippen LogP contribution in [0.2, 0.25) is 0 Å². The van der Waals surface area contributed by atoms with Gasteiger partial charge in [-0.2, -0.15) is 0 Å². The molecule has 0 N–H and O–H groups in total. The Balaban J connectivity index is 3.16. The summed E-state index contributed by atoms with van der Waals surface area (Å²) in [6.45, 7) is 2.99. The number of hydrogen-bond donors (Lipinski definition) is 0. The highest BCUT2D eigenvalue weighted by Crippen LogP contribution is 1.81. The molecule has 0 saturated carbocycles. The predicted octanol–water partition coefficient (Wildman–Crippen LogP) is 1.56. The molecule has 0 spiro atoms. The molecular weight excluding hydrogens is 152 g/mol. The molecule has 0 fully saturated rings. The third kappa shape index (κ3) is 8.93. The van der Waals surface area contributed by atoms with E-state index < -0.39 is 0 Å². The summed E-state index contributed by atoms with van der Waals surface area (Å²) < 4.78 is 5.06. The van der Waals surface area contributed by atoms with Crippen molar-refractivity contribution in [2.75, 3.05) is 13.2 Å². The van der Waals surface area contributed by atoms with Crippen LogP contribution in [0.5, 0.6) is 0 Å². The summed E-state index contributed by atoms with van der Waals surface area (Å²) in [6, 6.07) is 0. The number of carbonyl (C=O) groups is 1. The smallest absolute Gasteiger partial charge is 0.142 e. The van der Waals surface area contributed by atoms with Gasteiger partial charge < -0.3 is 4.74 Å². The van der Waals surface area contributed by atoms with Crippen LogP contribution in [0.1, 0.15) is 19.8 Å². The lowest BCUT2D eigenvalue weighted by Crippen LogP contribution is -1.90. The van der Waals surface area contributed by atoms with E-state index in [1.165, 1.54) is 6.08 Å². The summed E-state index contributed by atoms with van der Waals surface area (Å²) in [5.74, 6) is 5.83. The van der Waals surface area contributed by atoms with Gasteiger partial charge in [0.25, 0.3) is 0 Å². The van der Waals surface area contributed by atoms with E-state index in [-0.39, 0.29) is 0 Å². The van der Waals surface area contributed by atoms with E-state index in [1.807, 2.05) is 0 Å². The minimum atomic E-state index is 0.448. The standard InChI is InChI=1S/C10H14O2/c1-2-3-4-6-9-12-10-7-5-8-11/h5,7-8H,2-3,9-10H2,1H3/b7-5+. The Morgan fingerprint density at radius 1 is 1.42 bits per heavy atom. The molecule has 0 aliphatic carbocycles. The summed E-state index contributed by atoms with van der Waals surface area (Å²) >= 11 is 0. The first-order valence-corrected chi connectivity index (χ1v) is 4.05. The Bertz CT molecular complexity index is 184. The lowest BCUT2D eigenvalue weighted by Gasteiger charge is -1.90. The number of carbonyl (C=O) groups excluding carboxylic acids is 1. The first-order chi connectivity index (χ1) is 5.91. The van der Waals surface area contributed by atoms with Crippen molar-refractivity contribution in [1.29, 1.82) is 0 Å². The van der Waals surface area contributed by atoms with Crippen LogP contribution in [0.4, 0.5) is 0 Å². The van der Waals surface area contributed by atoms with Gasteiger partial charge in [0.1, 0.15) is 12.9 Å². The lowest BCUT2D eigenvalue weighted by atomic mass is 10.3. The van der Waals surface area contributed by atoms with Crippen LogP contribution in [0.15, 0.2) is 12.2 Å². The Labute approximate surface area is 73.6 Å². The predicted molar refractivity (Wildman–Crippen MR) is 48.7 cm³/mol. The zero-order valence-electron chi connectivity index (χ0n) is 7.38. The van der Waals surface area contributed by atoms with E-state index in [9.17, 15) is 4.79 Å². The van der Waals surface area contributed by atoms with Gasteiger partial charge in [0.2, 0.25) is 0 Å². The van der Waals surface area contributed by atoms with Crippen LogP contribution in [0, 0.1) is 11.8 Å². The monoisotopic (exact) mass is 166 g/mol. The number of allylic oxidation sites excluding steroid dienone is 1. The number of rotatable bonds is 5. The summed E-state index contributed by atoms with van der Waals surface area (Å²) in [7, 11) is 0. The van der Waals surface area contributed by atoms with Gasteiger partial charge in [0, 0.05) is 6.42 Å². The number of aldehydes is 1. The van der Waals surface area contributed by atoms with Gasteiger partial charge in [-0.25, -0.2) is 0 Å². The molecule has 12 heavy (non-hydrogen) atoms. The van der Waals surface area contributed by atoms with Crippen molar-refractivity contribution in [3.8, 4) is 11.8 Å². The molecule has 0 bridgehead atoms. The largest absolute Gasteiger partial charge is 0.365 e. The molecule has 66 valence electrons. The fraction of sp³-hybridized carbons (Fsp3) is 0.500. The first kappa shape index (κ1) is 10.9. The lowest BCUT2D eigenvalue weighted by molar-refractivity contribution is -0.104. The molecule has 0 aliphatic rings. The molecule has 0 aromatic carbocycles. The molecule has 0 amide bonds. The maximum absolute atomic E-state index is 9.81. The van der Waals surface area contributed by atoms with Crippen LogP contribution in [0.3, 0.4) is 0 Å². The maximum atomic E-state index is 9.81. The Morgan fingerprint density at radius 2 is 2.25 bits per heavy atom. The van der Waals surface area contributed by atoms with Crippen molar-refractivity contribution >= 4 is 6.29 Å². The molecule has 0 saturated heterocycles. The molecule has 0 rings (SSSR count). The topological polar surface area (TPSA) is 26.3 Å². The van der Waals surface area contributed by atoms with E-state index in [4.69, 9.17) is 4.74 Å². The van der Waals surface area contributed by atoms with Crippen LogP contribution < -0.4 is 0 Å². The SMILES string of the molecule is CCCC#CCOC/C=C/C=O. The van der Waals surface area contributed by atoms with Crippen molar-refractivity contribution < 1.29 is 9.53 Å². The summed E-state index contributed by atoms with van der Waals surface area (Å²) in [6.07, 6.45) is 5.81. The minimum Gasteiger partial charge on any atom is -0.365 e. The average Bonchev–Trinajstić information content (AvgIpc) is 2.10. The second-order valence-corrected chi connectivity index (χ2v) is 2.18. The molecule has 0 aliphatic heterocycles. The van der Waals surface area contributed by atoms with Crippen molar-refractivity contribution in [3.05, 3.63) is 12.2 Å². The molecule has 0 aromatic rings. The van der Waals surface area contributed by atoms with E-state index in [1.54, 1.807) is 6.08 Å². The van der Waals surface area contributed by atoms with Gasteiger partial charge in [0.05, 0.1) is 6.61 Å². The number of hydrogen-bond acceptors (Lipinski definition) is 2. The second-order valence-electron chi connectivity index (χ2n) is 2.18. The van der Waals surface area contributed by atoms with Gasteiger partial charge >= 0.3 is 0 Å². The molecule has 0 unspecified atom stereocenters. The van der Waals surface area contributed by atoms with Crippen LogP contribution in [0.25, 0.3) is 0 Å². The average molecular weight is 166 g/mol. The van der Waals surface area contributed by atoms with Crippen LogP contribution in [-0.2, 0) is 9.53 Å². The maximum Gasteiger partial charge on any atom is 0.142 e. The zero-order chi connectivity index (χ0) is 9.07. The molecule has 0 aromatic heterocycles. The van der Waals surface area contributed by atoms with Gasteiger partial charge in [-0.15, -0.1) is 5.92 Å². The van der Waals surface area contributed by atoms with Crippen LogP contribution in [-0.4, -0.2) is 19.5 Å². The first-order valence-electron chi connectivity index (χ1n) is 4.05. The molecule has 2 nitrogen and oxygen atoms in total. The number of ether oxygens (including phenoxy) is 1. The van der Waals surface area contributed by atoms with Crippen molar-refractivity contribution in [3.63, 3.8) is 0 Å². The third-order valence-corrected chi connectivity index (χ3v) is 1.10. The Kier molecular flexibility index (Phi) is 9.04.